The standard InChI is InChI=1S/C16H17NO2/c1-2-12-5-3-7-14(9-12)17-16(19)11-13-6-4-8-15(18)10-13/h3-10,18H,2,11H2,1H3,(H,17,19). The van der Waals surface area contributed by atoms with E-state index in [2.05, 4.69) is 12.2 Å². The normalized spacial score (nSPS) is 10.2. The highest BCUT2D eigenvalue weighted by Crippen LogP contribution is 2.14. The van der Waals surface area contributed by atoms with Crippen LogP contribution in [0.25, 0.3) is 0 Å². The SMILES string of the molecule is CCc1cccc(NC(=O)Cc2cccc(O)c2)c1. The van der Waals surface area contributed by atoms with Gasteiger partial charge in [0.25, 0.3) is 0 Å². The average molecular weight is 255 g/mol. The first-order valence-corrected chi connectivity index (χ1v) is 6.34. The van der Waals surface area contributed by atoms with Crippen LogP contribution in [-0.4, -0.2) is 11.0 Å². The predicted octanol–water partition coefficient (Wildman–Crippen LogP) is 3.14. The molecule has 0 saturated carbocycles. The van der Waals surface area contributed by atoms with Crippen molar-refractivity contribution in [3.8, 4) is 5.75 Å². The van der Waals surface area contributed by atoms with Crippen LogP contribution >= 0.6 is 0 Å². The number of carbonyl (C=O) groups excluding carboxylic acids is 1. The Morgan fingerprint density at radius 3 is 2.58 bits per heavy atom. The lowest BCUT2D eigenvalue weighted by Gasteiger charge is -2.07. The highest BCUT2D eigenvalue weighted by Gasteiger charge is 2.05. The quantitative estimate of drug-likeness (QED) is 0.881. The maximum Gasteiger partial charge on any atom is 0.228 e. The monoisotopic (exact) mass is 255 g/mol. The van der Waals surface area contributed by atoms with Gasteiger partial charge in [-0.2, -0.15) is 0 Å². The van der Waals surface area contributed by atoms with Crippen molar-refractivity contribution >= 4 is 11.6 Å². The largest absolute Gasteiger partial charge is 0.508 e. The fourth-order valence-electron chi connectivity index (χ4n) is 1.93. The van der Waals surface area contributed by atoms with Gasteiger partial charge in [-0.25, -0.2) is 0 Å². The van der Waals surface area contributed by atoms with E-state index in [0.717, 1.165) is 17.7 Å². The second kappa shape index (κ2) is 6.05. The number of amides is 1. The lowest BCUT2D eigenvalue weighted by atomic mass is 10.1. The van der Waals surface area contributed by atoms with Crippen LogP contribution in [0.5, 0.6) is 5.75 Å². The van der Waals surface area contributed by atoms with Gasteiger partial charge < -0.3 is 10.4 Å². The fraction of sp³-hybridized carbons (Fsp3) is 0.188. The molecule has 0 bridgehead atoms. The van der Waals surface area contributed by atoms with E-state index < -0.39 is 0 Å². The number of hydrogen-bond donors (Lipinski definition) is 2. The van der Waals surface area contributed by atoms with E-state index in [0.29, 0.717) is 0 Å². The van der Waals surface area contributed by atoms with Crippen molar-refractivity contribution in [1.29, 1.82) is 0 Å². The average Bonchev–Trinajstić information content (AvgIpc) is 2.38. The molecule has 0 aliphatic rings. The van der Waals surface area contributed by atoms with Crippen LogP contribution in [0.2, 0.25) is 0 Å². The summed E-state index contributed by atoms with van der Waals surface area (Å²) in [6.07, 6.45) is 1.20. The van der Waals surface area contributed by atoms with Crippen LogP contribution in [0.1, 0.15) is 18.1 Å². The molecule has 3 heteroatoms. The lowest BCUT2D eigenvalue weighted by Crippen LogP contribution is -2.14. The number of nitrogens with one attached hydrogen (secondary N) is 1. The molecule has 0 atom stereocenters. The van der Waals surface area contributed by atoms with Gasteiger partial charge in [0.05, 0.1) is 6.42 Å². The molecule has 2 aromatic rings. The molecule has 0 aliphatic heterocycles. The number of hydrogen-bond acceptors (Lipinski definition) is 2. The van der Waals surface area contributed by atoms with Gasteiger partial charge in [-0.3, -0.25) is 4.79 Å². The molecular formula is C16H17NO2. The van der Waals surface area contributed by atoms with Crippen molar-refractivity contribution in [3.05, 3.63) is 59.7 Å². The summed E-state index contributed by atoms with van der Waals surface area (Å²) in [6, 6.07) is 14.6. The van der Waals surface area contributed by atoms with Gasteiger partial charge in [-0.05, 0) is 41.8 Å². The maximum atomic E-state index is 11.9. The third kappa shape index (κ3) is 3.85. The lowest BCUT2D eigenvalue weighted by molar-refractivity contribution is -0.115. The molecule has 0 saturated heterocycles. The third-order valence-corrected chi connectivity index (χ3v) is 2.89. The number of anilines is 1. The van der Waals surface area contributed by atoms with Crippen LogP contribution in [0.4, 0.5) is 5.69 Å². The van der Waals surface area contributed by atoms with Crippen LogP contribution in [-0.2, 0) is 17.6 Å². The van der Waals surface area contributed by atoms with Crippen molar-refractivity contribution in [3.63, 3.8) is 0 Å². The summed E-state index contributed by atoms with van der Waals surface area (Å²) in [5.74, 6) is 0.0946. The summed E-state index contributed by atoms with van der Waals surface area (Å²) < 4.78 is 0. The molecule has 0 aliphatic carbocycles. The predicted molar refractivity (Wildman–Crippen MR) is 76.3 cm³/mol. The van der Waals surface area contributed by atoms with Crippen molar-refractivity contribution in [2.45, 2.75) is 19.8 Å². The summed E-state index contributed by atoms with van der Waals surface area (Å²) >= 11 is 0. The Labute approximate surface area is 112 Å². The van der Waals surface area contributed by atoms with E-state index in [1.807, 2.05) is 30.3 Å². The van der Waals surface area contributed by atoms with Crippen molar-refractivity contribution in [2.75, 3.05) is 5.32 Å². The van der Waals surface area contributed by atoms with Gasteiger partial charge in [0.15, 0.2) is 0 Å². The Balaban J connectivity index is 2.01. The molecule has 0 radical (unpaired) electrons. The first-order valence-electron chi connectivity index (χ1n) is 6.34. The number of carbonyl (C=O) groups is 1. The van der Waals surface area contributed by atoms with Gasteiger partial charge in [0, 0.05) is 5.69 Å². The van der Waals surface area contributed by atoms with Crippen molar-refractivity contribution < 1.29 is 9.90 Å². The molecule has 19 heavy (non-hydrogen) atoms. The van der Waals surface area contributed by atoms with Crippen LogP contribution in [0.3, 0.4) is 0 Å². The van der Waals surface area contributed by atoms with Crippen molar-refractivity contribution in [1.82, 2.24) is 0 Å². The fourth-order valence-corrected chi connectivity index (χ4v) is 1.93. The molecule has 2 N–H and O–H groups in total. The summed E-state index contributed by atoms with van der Waals surface area (Å²) in [7, 11) is 0. The Morgan fingerprint density at radius 2 is 1.84 bits per heavy atom. The highest BCUT2D eigenvalue weighted by molar-refractivity contribution is 5.92. The van der Waals surface area contributed by atoms with Gasteiger partial charge in [0.1, 0.15) is 5.75 Å². The Bertz CT molecular complexity index is 578. The minimum atomic E-state index is -0.0844. The molecule has 2 aromatic carbocycles. The Morgan fingerprint density at radius 1 is 1.11 bits per heavy atom. The molecule has 0 fully saturated rings. The minimum Gasteiger partial charge on any atom is -0.508 e. The molecule has 2 rings (SSSR count). The van der Waals surface area contributed by atoms with E-state index in [-0.39, 0.29) is 18.1 Å². The van der Waals surface area contributed by atoms with E-state index in [9.17, 15) is 9.90 Å². The number of phenolic OH excluding ortho intramolecular Hbond substituents is 1. The number of phenols is 1. The zero-order valence-corrected chi connectivity index (χ0v) is 10.9. The molecule has 1 amide bonds. The second-order valence-electron chi connectivity index (χ2n) is 4.45. The Kier molecular flexibility index (Phi) is 4.18. The van der Waals surface area contributed by atoms with E-state index in [1.165, 1.54) is 5.56 Å². The van der Waals surface area contributed by atoms with Crippen LogP contribution in [0.15, 0.2) is 48.5 Å². The molecule has 0 unspecified atom stereocenters. The number of aromatic hydroxyl groups is 1. The first kappa shape index (κ1) is 13.1. The molecule has 0 spiro atoms. The number of rotatable bonds is 4. The molecular weight excluding hydrogens is 238 g/mol. The van der Waals surface area contributed by atoms with Gasteiger partial charge >= 0.3 is 0 Å². The Hall–Kier alpha value is -2.29. The molecule has 98 valence electrons. The zero-order chi connectivity index (χ0) is 13.7. The zero-order valence-electron chi connectivity index (χ0n) is 10.9. The summed E-state index contributed by atoms with van der Waals surface area (Å²) in [5.41, 5.74) is 2.80. The maximum absolute atomic E-state index is 11.9. The summed E-state index contributed by atoms with van der Waals surface area (Å²) in [4.78, 5) is 11.9. The topological polar surface area (TPSA) is 49.3 Å². The van der Waals surface area contributed by atoms with E-state index >= 15 is 0 Å². The third-order valence-electron chi connectivity index (χ3n) is 2.89. The highest BCUT2D eigenvalue weighted by atomic mass is 16.3. The summed E-state index contributed by atoms with van der Waals surface area (Å²) in [6.45, 7) is 2.08. The molecule has 3 nitrogen and oxygen atoms in total. The second-order valence-corrected chi connectivity index (χ2v) is 4.45. The number of aryl methyl sites for hydroxylation is 1. The van der Waals surface area contributed by atoms with Crippen molar-refractivity contribution in [2.24, 2.45) is 0 Å². The smallest absolute Gasteiger partial charge is 0.228 e. The van der Waals surface area contributed by atoms with Gasteiger partial charge in [-0.15, -0.1) is 0 Å². The number of benzene rings is 2. The minimum absolute atomic E-state index is 0.0844. The van der Waals surface area contributed by atoms with Gasteiger partial charge in [0.2, 0.25) is 5.91 Å². The van der Waals surface area contributed by atoms with Crippen LogP contribution in [0, 0.1) is 0 Å². The molecule has 0 aromatic heterocycles. The summed E-state index contributed by atoms with van der Waals surface area (Å²) in [5, 5.41) is 12.2. The van der Waals surface area contributed by atoms with Gasteiger partial charge in [-0.1, -0.05) is 31.2 Å². The van der Waals surface area contributed by atoms with E-state index in [4.69, 9.17) is 0 Å². The van der Waals surface area contributed by atoms with E-state index in [1.54, 1.807) is 18.2 Å². The molecule has 0 heterocycles. The van der Waals surface area contributed by atoms with Crippen LogP contribution < -0.4 is 5.32 Å². The first-order chi connectivity index (χ1) is 9.17.